The van der Waals surface area contributed by atoms with E-state index in [0.29, 0.717) is 12.0 Å². The molecule has 0 aromatic rings. The lowest BCUT2D eigenvalue weighted by Crippen LogP contribution is -2.26. The summed E-state index contributed by atoms with van der Waals surface area (Å²) < 4.78 is 0. The van der Waals surface area contributed by atoms with Gasteiger partial charge in [0.15, 0.2) is 0 Å². The molecule has 0 heterocycles. The molecule has 0 saturated heterocycles. The van der Waals surface area contributed by atoms with Gasteiger partial charge < -0.3 is 16.0 Å². The maximum absolute atomic E-state index is 12.2. The van der Waals surface area contributed by atoms with Crippen LogP contribution >= 0.6 is 0 Å². The van der Waals surface area contributed by atoms with E-state index in [1.54, 1.807) is 14.1 Å². The number of likely N-dealkylation sites (N-methyl/N-ethyl adjacent to an activating group) is 1. The summed E-state index contributed by atoms with van der Waals surface area (Å²) in [6, 6.07) is -0.630. The molecule has 0 aliphatic rings. The van der Waals surface area contributed by atoms with E-state index in [0.717, 1.165) is 11.3 Å². The van der Waals surface area contributed by atoms with Crippen LogP contribution in [-0.2, 0) is 4.79 Å². The number of nitrogens with two attached hydrogens (primary N) is 1. The number of allylic oxidation sites excluding steroid dienone is 2. The summed E-state index contributed by atoms with van der Waals surface area (Å²) in [5, 5.41) is 2.42. The number of amides is 3. The second kappa shape index (κ2) is 9.55. The van der Waals surface area contributed by atoms with Gasteiger partial charge in [0.1, 0.15) is 0 Å². The molecule has 1 unspecified atom stereocenters. The standard InChI is InChI=1S/C16H26N4O2/c1-7-13(15(21)20(6)8-2)9-11(3)14(18-5)12(4)10-19-16(17)22/h8-11H,2,7H2,1,3-6H3,(H3,17,19,22)/b12-10+,13-9-,18-14?. The van der Waals surface area contributed by atoms with Gasteiger partial charge in [-0.25, -0.2) is 4.79 Å². The number of primary amides is 1. The van der Waals surface area contributed by atoms with Crippen molar-refractivity contribution in [2.75, 3.05) is 14.1 Å². The van der Waals surface area contributed by atoms with Crippen molar-refractivity contribution >= 4 is 17.6 Å². The van der Waals surface area contributed by atoms with Gasteiger partial charge in [-0.2, -0.15) is 0 Å². The first-order valence-corrected chi connectivity index (χ1v) is 7.08. The van der Waals surface area contributed by atoms with Gasteiger partial charge in [-0.3, -0.25) is 9.79 Å². The van der Waals surface area contributed by atoms with Crippen molar-refractivity contribution in [2.24, 2.45) is 16.6 Å². The number of aliphatic imine (C=N–C) groups is 1. The van der Waals surface area contributed by atoms with E-state index in [9.17, 15) is 9.59 Å². The van der Waals surface area contributed by atoms with Crippen LogP contribution < -0.4 is 11.1 Å². The van der Waals surface area contributed by atoms with Crippen molar-refractivity contribution in [3.05, 3.63) is 36.2 Å². The topological polar surface area (TPSA) is 87.8 Å². The third kappa shape index (κ3) is 5.95. The summed E-state index contributed by atoms with van der Waals surface area (Å²) in [6.45, 7) is 9.29. The van der Waals surface area contributed by atoms with Crippen LogP contribution in [0, 0.1) is 5.92 Å². The number of nitrogens with zero attached hydrogens (tertiary/aromatic N) is 2. The molecular formula is C16H26N4O2. The van der Waals surface area contributed by atoms with E-state index in [4.69, 9.17) is 5.73 Å². The SMILES string of the molecule is C=CN(C)C(=O)/C(=C\C(C)C(=NC)/C(C)=C/NC(N)=O)CC. The first-order chi connectivity index (χ1) is 10.3. The molecule has 6 heteroatoms. The first kappa shape index (κ1) is 19.6. The van der Waals surface area contributed by atoms with E-state index in [1.807, 2.05) is 26.8 Å². The lowest BCUT2D eigenvalue weighted by Gasteiger charge is -2.17. The Balaban J connectivity index is 5.34. The fourth-order valence-electron chi connectivity index (χ4n) is 2.02. The Morgan fingerprint density at radius 1 is 1.45 bits per heavy atom. The van der Waals surface area contributed by atoms with Crippen molar-refractivity contribution in [1.29, 1.82) is 0 Å². The van der Waals surface area contributed by atoms with Crippen LogP contribution in [0.1, 0.15) is 27.2 Å². The smallest absolute Gasteiger partial charge is 0.316 e. The van der Waals surface area contributed by atoms with Crippen LogP contribution in [0.2, 0.25) is 0 Å². The highest BCUT2D eigenvalue weighted by atomic mass is 16.2. The van der Waals surface area contributed by atoms with Gasteiger partial charge in [-0.05, 0) is 25.1 Å². The second-order valence-electron chi connectivity index (χ2n) is 4.88. The molecule has 122 valence electrons. The Labute approximate surface area is 132 Å². The average Bonchev–Trinajstić information content (AvgIpc) is 2.49. The van der Waals surface area contributed by atoms with Gasteiger partial charge in [-0.1, -0.05) is 26.5 Å². The molecule has 3 amide bonds. The molecule has 0 aliphatic carbocycles. The molecule has 0 aliphatic heterocycles. The molecule has 0 aromatic carbocycles. The maximum atomic E-state index is 12.2. The Morgan fingerprint density at radius 3 is 2.45 bits per heavy atom. The van der Waals surface area contributed by atoms with Crippen LogP contribution in [0.3, 0.4) is 0 Å². The zero-order chi connectivity index (χ0) is 17.3. The van der Waals surface area contributed by atoms with E-state index < -0.39 is 6.03 Å². The number of rotatable bonds is 7. The van der Waals surface area contributed by atoms with Crippen molar-refractivity contribution in [1.82, 2.24) is 10.2 Å². The second-order valence-corrected chi connectivity index (χ2v) is 4.88. The van der Waals surface area contributed by atoms with Crippen molar-refractivity contribution in [3.8, 4) is 0 Å². The van der Waals surface area contributed by atoms with E-state index in [2.05, 4.69) is 16.9 Å². The Hall–Kier alpha value is -2.37. The molecule has 0 fully saturated rings. The average molecular weight is 306 g/mol. The largest absolute Gasteiger partial charge is 0.351 e. The third-order valence-corrected chi connectivity index (χ3v) is 3.21. The fraction of sp³-hybridized carbons (Fsp3) is 0.438. The molecule has 0 rings (SSSR count). The first-order valence-electron chi connectivity index (χ1n) is 7.08. The van der Waals surface area contributed by atoms with Crippen LogP contribution in [-0.4, -0.2) is 36.6 Å². The summed E-state index contributed by atoms with van der Waals surface area (Å²) in [5.41, 5.74) is 7.28. The van der Waals surface area contributed by atoms with Gasteiger partial charge in [0, 0.05) is 37.5 Å². The van der Waals surface area contributed by atoms with Gasteiger partial charge >= 0.3 is 6.03 Å². The highest BCUT2D eigenvalue weighted by molar-refractivity contribution is 6.03. The van der Waals surface area contributed by atoms with Crippen molar-refractivity contribution in [2.45, 2.75) is 27.2 Å². The number of urea groups is 1. The van der Waals surface area contributed by atoms with Gasteiger partial charge in [0.25, 0.3) is 5.91 Å². The lowest BCUT2D eigenvalue weighted by molar-refractivity contribution is -0.123. The Morgan fingerprint density at radius 2 is 2.05 bits per heavy atom. The Kier molecular flexibility index (Phi) is 8.52. The predicted octanol–water partition coefficient (Wildman–Crippen LogP) is 2.20. The molecular weight excluding hydrogens is 280 g/mol. The van der Waals surface area contributed by atoms with E-state index >= 15 is 0 Å². The minimum absolute atomic E-state index is 0.0759. The number of carbonyl (C=O) groups is 2. The van der Waals surface area contributed by atoms with Crippen LogP contribution in [0.25, 0.3) is 0 Å². The number of hydrogen-bond acceptors (Lipinski definition) is 3. The molecule has 0 spiro atoms. The highest BCUT2D eigenvalue weighted by Gasteiger charge is 2.15. The molecule has 0 bridgehead atoms. The van der Waals surface area contributed by atoms with Gasteiger partial charge in [0.2, 0.25) is 0 Å². The normalized spacial score (nSPS) is 14.3. The van der Waals surface area contributed by atoms with E-state index in [-0.39, 0.29) is 11.8 Å². The van der Waals surface area contributed by atoms with Gasteiger partial charge in [0.05, 0.1) is 0 Å². The van der Waals surface area contributed by atoms with Gasteiger partial charge in [-0.15, -0.1) is 0 Å². The zero-order valence-corrected chi connectivity index (χ0v) is 14.0. The Bertz CT molecular complexity index is 518. The molecule has 6 nitrogen and oxygen atoms in total. The highest BCUT2D eigenvalue weighted by Crippen LogP contribution is 2.15. The van der Waals surface area contributed by atoms with Crippen LogP contribution in [0.5, 0.6) is 0 Å². The lowest BCUT2D eigenvalue weighted by atomic mass is 9.96. The number of carbonyl (C=O) groups excluding carboxylic acids is 2. The van der Waals surface area contributed by atoms with Crippen molar-refractivity contribution in [3.63, 3.8) is 0 Å². The molecule has 0 saturated carbocycles. The predicted molar refractivity (Wildman–Crippen MR) is 90.3 cm³/mol. The summed E-state index contributed by atoms with van der Waals surface area (Å²) in [5.74, 6) is -0.162. The number of nitrogens with one attached hydrogen (secondary N) is 1. The van der Waals surface area contributed by atoms with Crippen LogP contribution in [0.15, 0.2) is 41.2 Å². The van der Waals surface area contributed by atoms with Crippen LogP contribution in [0.4, 0.5) is 4.79 Å². The summed E-state index contributed by atoms with van der Waals surface area (Å²) >= 11 is 0. The number of hydrogen-bond donors (Lipinski definition) is 2. The summed E-state index contributed by atoms with van der Waals surface area (Å²) in [4.78, 5) is 28.6. The molecule has 3 N–H and O–H groups in total. The minimum Gasteiger partial charge on any atom is -0.351 e. The summed E-state index contributed by atoms with van der Waals surface area (Å²) in [6.07, 6.45) is 5.48. The fourth-order valence-corrected chi connectivity index (χ4v) is 2.02. The monoisotopic (exact) mass is 306 g/mol. The van der Waals surface area contributed by atoms with Crippen molar-refractivity contribution < 1.29 is 9.59 Å². The molecule has 0 aromatic heterocycles. The maximum Gasteiger partial charge on any atom is 0.316 e. The summed E-state index contributed by atoms with van der Waals surface area (Å²) in [7, 11) is 3.34. The molecule has 22 heavy (non-hydrogen) atoms. The molecule has 0 radical (unpaired) electrons. The minimum atomic E-state index is -0.630. The molecule has 1 atom stereocenters. The van der Waals surface area contributed by atoms with E-state index in [1.165, 1.54) is 17.3 Å². The third-order valence-electron chi connectivity index (χ3n) is 3.21. The quantitative estimate of drug-likeness (QED) is 0.558. The zero-order valence-electron chi connectivity index (χ0n) is 14.0.